The Labute approximate surface area is 136 Å². The van der Waals surface area contributed by atoms with Crippen molar-refractivity contribution < 1.29 is 18.7 Å². The average molecular weight is 321 g/mol. The van der Waals surface area contributed by atoms with E-state index in [-0.39, 0.29) is 18.0 Å². The molecule has 1 fully saturated rings. The van der Waals surface area contributed by atoms with Crippen molar-refractivity contribution in [3.05, 3.63) is 36.2 Å². The number of carbonyl (C=O) groups is 1. The van der Waals surface area contributed by atoms with Gasteiger partial charge in [0.1, 0.15) is 23.3 Å². The lowest BCUT2D eigenvalue weighted by Crippen LogP contribution is -2.50. The highest BCUT2D eigenvalue weighted by molar-refractivity contribution is 5.68. The molecule has 1 aromatic rings. The highest BCUT2D eigenvalue weighted by Gasteiger charge is 2.33. The van der Waals surface area contributed by atoms with Gasteiger partial charge in [-0.1, -0.05) is 6.58 Å². The first-order chi connectivity index (χ1) is 10.6. The molecule has 1 N–H and O–H groups in total. The van der Waals surface area contributed by atoms with Crippen molar-refractivity contribution in [2.45, 2.75) is 58.3 Å². The standard InChI is InChI=1S/C18H24FNO3/c1-11(2)15-10-13(6-7-16(15)19)22-14-8-12(9-14)20-17(21)23-18(3,4)5/h6-7,10,12,14H,1,8-9H2,2-5H3,(H,20,21). The van der Waals surface area contributed by atoms with Crippen molar-refractivity contribution in [3.8, 4) is 5.75 Å². The minimum atomic E-state index is -0.503. The largest absolute Gasteiger partial charge is 0.490 e. The molecule has 0 unspecified atom stereocenters. The maximum absolute atomic E-state index is 13.6. The number of nitrogens with one attached hydrogen (secondary N) is 1. The number of allylic oxidation sites excluding steroid dienone is 1. The molecule has 0 atom stereocenters. The van der Waals surface area contributed by atoms with Gasteiger partial charge in [-0.3, -0.25) is 0 Å². The number of hydrogen-bond acceptors (Lipinski definition) is 3. The van der Waals surface area contributed by atoms with Gasteiger partial charge in [0.05, 0.1) is 0 Å². The lowest BCUT2D eigenvalue weighted by Gasteiger charge is -2.36. The second-order valence-electron chi connectivity index (χ2n) is 6.98. The summed E-state index contributed by atoms with van der Waals surface area (Å²) >= 11 is 0. The van der Waals surface area contributed by atoms with Gasteiger partial charge in [-0.05, 0) is 51.5 Å². The number of halogens is 1. The fraction of sp³-hybridized carbons (Fsp3) is 0.500. The van der Waals surface area contributed by atoms with Crippen LogP contribution in [0, 0.1) is 5.82 Å². The zero-order valence-electron chi connectivity index (χ0n) is 14.1. The third-order valence-corrected chi connectivity index (χ3v) is 3.52. The van der Waals surface area contributed by atoms with Gasteiger partial charge in [0.25, 0.3) is 0 Å². The number of benzene rings is 1. The number of amides is 1. The van der Waals surface area contributed by atoms with Gasteiger partial charge in [0, 0.05) is 24.4 Å². The molecule has 23 heavy (non-hydrogen) atoms. The number of alkyl carbamates (subject to hydrolysis) is 1. The maximum atomic E-state index is 13.6. The summed E-state index contributed by atoms with van der Waals surface area (Å²) in [6.07, 6.45) is 1.02. The third kappa shape index (κ3) is 4.98. The molecule has 1 aromatic carbocycles. The molecular formula is C18H24FNO3. The number of ether oxygens (including phenoxy) is 2. The first-order valence-electron chi connectivity index (χ1n) is 7.75. The van der Waals surface area contributed by atoms with Crippen molar-refractivity contribution in [1.29, 1.82) is 0 Å². The van der Waals surface area contributed by atoms with Gasteiger partial charge in [-0.15, -0.1) is 0 Å². The van der Waals surface area contributed by atoms with Gasteiger partial charge in [-0.25, -0.2) is 9.18 Å². The van der Waals surface area contributed by atoms with E-state index in [0.717, 1.165) is 0 Å². The summed E-state index contributed by atoms with van der Waals surface area (Å²) in [5.41, 5.74) is 0.618. The summed E-state index contributed by atoms with van der Waals surface area (Å²) in [6, 6.07) is 4.70. The van der Waals surface area contributed by atoms with Crippen molar-refractivity contribution in [2.75, 3.05) is 0 Å². The van der Waals surface area contributed by atoms with Crippen LogP contribution in [-0.2, 0) is 4.74 Å². The van der Waals surface area contributed by atoms with Gasteiger partial charge >= 0.3 is 6.09 Å². The molecule has 0 radical (unpaired) electrons. The second-order valence-corrected chi connectivity index (χ2v) is 6.98. The topological polar surface area (TPSA) is 47.6 Å². The van der Waals surface area contributed by atoms with Crippen molar-refractivity contribution in [1.82, 2.24) is 5.32 Å². The molecule has 0 spiro atoms. The highest BCUT2D eigenvalue weighted by Crippen LogP contribution is 2.29. The van der Waals surface area contributed by atoms with Gasteiger partial charge < -0.3 is 14.8 Å². The molecule has 1 saturated carbocycles. The van der Waals surface area contributed by atoms with Crippen LogP contribution in [0.3, 0.4) is 0 Å². The van der Waals surface area contributed by atoms with E-state index in [1.807, 2.05) is 20.8 Å². The molecule has 0 saturated heterocycles. The molecule has 0 bridgehead atoms. The average Bonchev–Trinajstić information content (AvgIpc) is 2.35. The predicted molar refractivity (Wildman–Crippen MR) is 87.9 cm³/mol. The third-order valence-electron chi connectivity index (χ3n) is 3.52. The molecular weight excluding hydrogens is 297 g/mol. The zero-order chi connectivity index (χ0) is 17.2. The molecule has 126 valence electrons. The van der Waals surface area contributed by atoms with Crippen LogP contribution in [0.25, 0.3) is 5.57 Å². The number of hydrogen-bond donors (Lipinski definition) is 1. The van der Waals surface area contributed by atoms with E-state index in [9.17, 15) is 9.18 Å². The Morgan fingerprint density at radius 1 is 1.35 bits per heavy atom. The highest BCUT2D eigenvalue weighted by atomic mass is 19.1. The van der Waals surface area contributed by atoms with Crippen LogP contribution in [0.15, 0.2) is 24.8 Å². The molecule has 4 nitrogen and oxygen atoms in total. The van der Waals surface area contributed by atoms with E-state index in [2.05, 4.69) is 11.9 Å². The molecule has 0 aliphatic heterocycles. The van der Waals surface area contributed by atoms with Crippen LogP contribution in [0.2, 0.25) is 0 Å². The molecule has 1 aliphatic rings. The molecule has 5 heteroatoms. The predicted octanol–water partition coefficient (Wildman–Crippen LogP) is 4.29. The van der Waals surface area contributed by atoms with Crippen LogP contribution < -0.4 is 10.1 Å². The van der Waals surface area contributed by atoms with E-state index in [1.54, 1.807) is 19.1 Å². The lowest BCUT2D eigenvalue weighted by atomic mass is 9.89. The zero-order valence-corrected chi connectivity index (χ0v) is 14.1. The Kier molecular flexibility index (Phi) is 4.97. The van der Waals surface area contributed by atoms with Crippen LogP contribution in [0.4, 0.5) is 9.18 Å². The van der Waals surface area contributed by atoms with E-state index in [0.29, 0.717) is 29.7 Å². The first-order valence-corrected chi connectivity index (χ1v) is 7.75. The lowest BCUT2D eigenvalue weighted by molar-refractivity contribution is 0.0362. The maximum Gasteiger partial charge on any atom is 0.407 e. The normalized spacial score (nSPS) is 20.4. The number of carbonyl (C=O) groups excluding carboxylic acids is 1. The summed E-state index contributed by atoms with van der Waals surface area (Å²) in [6.45, 7) is 11.0. The van der Waals surface area contributed by atoms with Crippen molar-refractivity contribution in [3.63, 3.8) is 0 Å². The fourth-order valence-corrected chi connectivity index (χ4v) is 2.35. The molecule has 0 heterocycles. The Morgan fingerprint density at radius 3 is 2.57 bits per heavy atom. The molecule has 1 aliphatic carbocycles. The fourth-order valence-electron chi connectivity index (χ4n) is 2.35. The summed E-state index contributed by atoms with van der Waals surface area (Å²) in [7, 11) is 0. The van der Waals surface area contributed by atoms with Gasteiger partial charge in [0.15, 0.2) is 0 Å². The van der Waals surface area contributed by atoms with Crippen LogP contribution in [0.1, 0.15) is 46.1 Å². The first kappa shape index (κ1) is 17.3. The summed E-state index contributed by atoms with van der Waals surface area (Å²) in [5, 5.41) is 2.81. The summed E-state index contributed by atoms with van der Waals surface area (Å²) in [4.78, 5) is 11.7. The SMILES string of the molecule is C=C(C)c1cc(OC2CC(NC(=O)OC(C)(C)C)C2)ccc1F. The summed E-state index contributed by atoms with van der Waals surface area (Å²) in [5.74, 6) is 0.313. The Morgan fingerprint density at radius 2 is 2.00 bits per heavy atom. The Hall–Kier alpha value is -2.04. The van der Waals surface area contributed by atoms with E-state index in [1.165, 1.54) is 6.07 Å². The quantitative estimate of drug-likeness (QED) is 0.900. The molecule has 2 rings (SSSR count). The van der Waals surface area contributed by atoms with Crippen LogP contribution in [0.5, 0.6) is 5.75 Å². The number of rotatable bonds is 4. The monoisotopic (exact) mass is 321 g/mol. The van der Waals surface area contributed by atoms with Crippen LogP contribution >= 0.6 is 0 Å². The van der Waals surface area contributed by atoms with Crippen LogP contribution in [-0.4, -0.2) is 23.8 Å². The Bertz CT molecular complexity index is 601. The van der Waals surface area contributed by atoms with Crippen molar-refractivity contribution in [2.24, 2.45) is 0 Å². The minimum Gasteiger partial charge on any atom is -0.490 e. The Balaban J connectivity index is 1.81. The minimum absolute atomic E-state index is 0.0124. The second kappa shape index (κ2) is 6.60. The van der Waals surface area contributed by atoms with E-state index in [4.69, 9.17) is 9.47 Å². The molecule has 0 aromatic heterocycles. The van der Waals surface area contributed by atoms with Gasteiger partial charge in [-0.2, -0.15) is 0 Å². The van der Waals surface area contributed by atoms with E-state index >= 15 is 0 Å². The van der Waals surface area contributed by atoms with E-state index < -0.39 is 11.7 Å². The summed E-state index contributed by atoms with van der Waals surface area (Å²) < 4.78 is 24.6. The smallest absolute Gasteiger partial charge is 0.407 e. The molecule has 1 amide bonds. The van der Waals surface area contributed by atoms with Crippen molar-refractivity contribution >= 4 is 11.7 Å². The van der Waals surface area contributed by atoms with Gasteiger partial charge in [0.2, 0.25) is 0 Å².